The van der Waals surface area contributed by atoms with Gasteiger partial charge in [-0.2, -0.15) is 0 Å². The van der Waals surface area contributed by atoms with Gasteiger partial charge in [-0.25, -0.2) is 0 Å². The van der Waals surface area contributed by atoms with Crippen LogP contribution in [0.5, 0.6) is 0 Å². The highest BCUT2D eigenvalue weighted by atomic mass is 16.5. The maximum atomic E-state index is 6.30. The first-order valence-corrected chi connectivity index (χ1v) is 9.10. The van der Waals surface area contributed by atoms with Gasteiger partial charge in [0.15, 0.2) is 0 Å². The van der Waals surface area contributed by atoms with Crippen molar-refractivity contribution in [3.05, 3.63) is 97.1 Å². The minimum Gasteiger partial charge on any atom is -0.369 e. The molecule has 3 nitrogen and oxygen atoms in total. The third kappa shape index (κ3) is 4.70. The van der Waals surface area contributed by atoms with Crippen molar-refractivity contribution in [1.29, 1.82) is 0 Å². The van der Waals surface area contributed by atoms with Crippen LogP contribution >= 0.6 is 0 Å². The zero-order valence-electron chi connectivity index (χ0n) is 15.2. The lowest BCUT2D eigenvalue weighted by molar-refractivity contribution is -0.0659. The molecule has 3 rings (SSSR count). The van der Waals surface area contributed by atoms with Crippen molar-refractivity contribution in [2.45, 2.75) is 31.5 Å². The highest BCUT2D eigenvalue weighted by molar-refractivity contribution is 5.15. The van der Waals surface area contributed by atoms with E-state index in [0.29, 0.717) is 13.2 Å². The fourth-order valence-corrected chi connectivity index (χ4v) is 3.43. The predicted octanol–water partition coefficient (Wildman–Crippen LogP) is 4.21. The van der Waals surface area contributed by atoms with Gasteiger partial charge >= 0.3 is 0 Å². The highest BCUT2D eigenvalue weighted by Crippen LogP contribution is 2.26. The summed E-state index contributed by atoms with van der Waals surface area (Å²) >= 11 is 0. The van der Waals surface area contributed by atoms with E-state index in [1.807, 2.05) is 48.6 Å². The zero-order valence-corrected chi connectivity index (χ0v) is 15.2. The van der Waals surface area contributed by atoms with Gasteiger partial charge in [-0.05, 0) is 11.1 Å². The minimum absolute atomic E-state index is 0.00173. The Balaban J connectivity index is 1.68. The molecular weight excluding hydrogens is 322 g/mol. The van der Waals surface area contributed by atoms with Crippen molar-refractivity contribution in [2.75, 3.05) is 13.1 Å². The summed E-state index contributed by atoms with van der Waals surface area (Å²) in [5.41, 5.74) is 2.34. The average Bonchev–Trinajstić information content (AvgIpc) is 3.03. The summed E-state index contributed by atoms with van der Waals surface area (Å²) in [4.78, 5) is 2.31. The molecule has 0 aromatic heterocycles. The van der Waals surface area contributed by atoms with Crippen LogP contribution in [-0.4, -0.2) is 36.2 Å². The van der Waals surface area contributed by atoms with Gasteiger partial charge in [0.25, 0.3) is 0 Å². The zero-order chi connectivity index (χ0) is 18.2. The lowest BCUT2D eigenvalue weighted by atomic mass is 10.1. The van der Waals surface area contributed by atoms with E-state index in [1.54, 1.807) is 0 Å². The molecular formula is C23H27NO2. The Morgan fingerprint density at radius 2 is 1.46 bits per heavy atom. The van der Waals surface area contributed by atoms with Crippen LogP contribution in [0.15, 0.2) is 86.0 Å². The van der Waals surface area contributed by atoms with Gasteiger partial charge in [0.2, 0.25) is 0 Å². The number of hydrogen-bond acceptors (Lipinski definition) is 3. The molecule has 0 amide bonds. The second-order valence-corrected chi connectivity index (χ2v) is 6.57. The third-order valence-electron chi connectivity index (χ3n) is 4.74. The van der Waals surface area contributed by atoms with Gasteiger partial charge in [0.05, 0.1) is 25.4 Å². The maximum Gasteiger partial charge on any atom is 0.104 e. The molecule has 2 aromatic carbocycles. The van der Waals surface area contributed by atoms with E-state index in [9.17, 15) is 0 Å². The molecule has 0 unspecified atom stereocenters. The molecule has 2 aromatic rings. The lowest BCUT2D eigenvalue weighted by Crippen LogP contribution is -2.36. The minimum atomic E-state index is -0.0450. The molecule has 0 bridgehead atoms. The largest absolute Gasteiger partial charge is 0.369 e. The van der Waals surface area contributed by atoms with Crippen molar-refractivity contribution in [3.8, 4) is 0 Å². The number of benzene rings is 2. The molecule has 0 aliphatic carbocycles. The van der Waals surface area contributed by atoms with Crippen molar-refractivity contribution < 1.29 is 9.47 Å². The van der Waals surface area contributed by atoms with Crippen LogP contribution in [0.2, 0.25) is 0 Å². The molecule has 26 heavy (non-hydrogen) atoms. The third-order valence-corrected chi connectivity index (χ3v) is 4.74. The SMILES string of the molecule is C=CCN1C[C@H](OCc2ccccc2)[C@@H](OCc2ccccc2)[C@@H]1C=C. The normalized spacial score (nSPS) is 23.0. The van der Waals surface area contributed by atoms with E-state index in [0.717, 1.165) is 13.1 Å². The number of rotatable bonds is 9. The van der Waals surface area contributed by atoms with E-state index < -0.39 is 0 Å². The fraction of sp³-hybridized carbons (Fsp3) is 0.304. The first kappa shape index (κ1) is 18.6. The fourth-order valence-electron chi connectivity index (χ4n) is 3.43. The van der Waals surface area contributed by atoms with Crippen LogP contribution in [0.1, 0.15) is 11.1 Å². The quantitative estimate of drug-likeness (QED) is 0.633. The predicted molar refractivity (Wildman–Crippen MR) is 106 cm³/mol. The Kier molecular flexibility index (Phi) is 6.78. The molecule has 3 heteroatoms. The summed E-state index contributed by atoms with van der Waals surface area (Å²) in [5.74, 6) is 0. The molecule has 0 spiro atoms. The molecule has 1 aliphatic heterocycles. The molecule has 0 N–H and O–H groups in total. The monoisotopic (exact) mass is 349 g/mol. The number of ether oxygens (including phenoxy) is 2. The number of nitrogens with zero attached hydrogens (tertiary/aromatic N) is 1. The van der Waals surface area contributed by atoms with Crippen LogP contribution in [0.25, 0.3) is 0 Å². The topological polar surface area (TPSA) is 21.7 Å². The summed E-state index contributed by atoms with van der Waals surface area (Å²) in [6.45, 7) is 10.7. The smallest absolute Gasteiger partial charge is 0.104 e. The van der Waals surface area contributed by atoms with Crippen molar-refractivity contribution in [2.24, 2.45) is 0 Å². The Bertz CT molecular complexity index is 686. The summed E-state index contributed by atoms with van der Waals surface area (Å²) < 4.78 is 12.5. The second kappa shape index (κ2) is 9.48. The molecule has 136 valence electrons. The Morgan fingerprint density at radius 3 is 2.00 bits per heavy atom. The molecule has 1 saturated heterocycles. The van der Waals surface area contributed by atoms with Crippen molar-refractivity contribution >= 4 is 0 Å². The maximum absolute atomic E-state index is 6.30. The molecule has 1 aliphatic rings. The van der Waals surface area contributed by atoms with Crippen LogP contribution in [0.3, 0.4) is 0 Å². The molecule has 1 heterocycles. The first-order valence-electron chi connectivity index (χ1n) is 9.10. The van der Waals surface area contributed by atoms with Gasteiger partial charge in [-0.15, -0.1) is 13.2 Å². The van der Waals surface area contributed by atoms with Gasteiger partial charge in [0.1, 0.15) is 6.10 Å². The summed E-state index contributed by atoms with van der Waals surface area (Å²) in [6, 6.07) is 20.6. The standard InChI is InChI=1S/C23H27NO2/c1-3-15-24-16-22(25-17-19-11-7-5-8-12-19)23(21(24)4-2)26-18-20-13-9-6-10-14-20/h3-14,21-23H,1-2,15-18H2/t21-,22-,23-/m0/s1. The van der Waals surface area contributed by atoms with Gasteiger partial charge in [-0.3, -0.25) is 4.90 Å². The van der Waals surface area contributed by atoms with Crippen LogP contribution in [0, 0.1) is 0 Å². The van der Waals surface area contributed by atoms with Crippen LogP contribution < -0.4 is 0 Å². The Morgan fingerprint density at radius 1 is 0.885 bits per heavy atom. The lowest BCUT2D eigenvalue weighted by Gasteiger charge is -2.25. The second-order valence-electron chi connectivity index (χ2n) is 6.57. The van der Waals surface area contributed by atoms with Gasteiger partial charge < -0.3 is 9.47 Å². The van der Waals surface area contributed by atoms with Crippen LogP contribution in [0.4, 0.5) is 0 Å². The highest BCUT2D eigenvalue weighted by Gasteiger charge is 2.41. The van der Waals surface area contributed by atoms with E-state index in [4.69, 9.17) is 9.47 Å². The van der Waals surface area contributed by atoms with Crippen molar-refractivity contribution in [1.82, 2.24) is 4.90 Å². The number of likely N-dealkylation sites (tertiary alicyclic amines) is 1. The van der Waals surface area contributed by atoms with E-state index in [-0.39, 0.29) is 18.2 Å². The van der Waals surface area contributed by atoms with Crippen molar-refractivity contribution in [3.63, 3.8) is 0 Å². The number of hydrogen-bond donors (Lipinski definition) is 0. The molecule has 0 radical (unpaired) electrons. The van der Waals surface area contributed by atoms with Gasteiger partial charge in [0, 0.05) is 13.1 Å². The summed E-state index contributed by atoms with van der Waals surface area (Å²) in [5, 5.41) is 0. The first-order chi connectivity index (χ1) is 12.8. The van der Waals surface area contributed by atoms with Gasteiger partial charge in [-0.1, -0.05) is 72.8 Å². The summed E-state index contributed by atoms with van der Waals surface area (Å²) in [6.07, 6.45) is 3.84. The Hall–Kier alpha value is -2.20. The summed E-state index contributed by atoms with van der Waals surface area (Å²) in [7, 11) is 0. The van der Waals surface area contributed by atoms with E-state index in [1.165, 1.54) is 11.1 Å². The molecule has 1 fully saturated rings. The average molecular weight is 349 g/mol. The molecule has 0 saturated carbocycles. The van der Waals surface area contributed by atoms with E-state index in [2.05, 4.69) is 42.3 Å². The Labute approximate surface area is 156 Å². The molecule has 3 atom stereocenters. The van der Waals surface area contributed by atoms with E-state index >= 15 is 0 Å². The van der Waals surface area contributed by atoms with Crippen LogP contribution in [-0.2, 0) is 22.7 Å².